The third-order valence-electron chi connectivity index (χ3n) is 2.58. The number of nitrogens with zero attached hydrogens (tertiary/aromatic N) is 1. The zero-order valence-corrected chi connectivity index (χ0v) is 8.35. The van der Waals surface area contributed by atoms with Crippen LogP contribution in [-0.4, -0.2) is 36.5 Å². The van der Waals surface area contributed by atoms with Gasteiger partial charge in [-0.25, -0.2) is 0 Å². The van der Waals surface area contributed by atoms with Crippen LogP contribution in [0.1, 0.15) is 26.7 Å². The molecule has 1 atom stereocenters. The average molecular weight is 170 g/mol. The summed E-state index contributed by atoms with van der Waals surface area (Å²) in [7, 11) is 3.83. The summed E-state index contributed by atoms with van der Waals surface area (Å²) in [5, 5.41) is 3.03. The largest absolute Gasteiger partial charge is 0.350 e. The van der Waals surface area contributed by atoms with Gasteiger partial charge in [0.25, 0.3) is 0 Å². The van der Waals surface area contributed by atoms with Crippen molar-refractivity contribution in [3.05, 3.63) is 0 Å². The van der Waals surface area contributed by atoms with Crippen molar-refractivity contribution in [2.75, 3.05) is 14.1 Å². The summed E-state index contributed by atoms with van der Waals surface area (Å²) in [4.78, 5) is 13.4. The molecule has 0 aromatic rings. The first-order valence-corrected chi connectivity index (χ1v) is 4.43. The van der Waals surface area contributed by atoms with Gasteiger partial charge in [0.15, 0.2) is 0 Å². The van der Waals surface area contributed by atoms with Gasteiger partial charge in [0.05, 0.1) is 6.04 Å². The molecule has 3 nitrogen and oxygen atoms in total. The molecule has 0 bridgehead atoms. The lowest BCUT2D eigenvalue weighted by atomic mass is 10.2. The molecule has 0 heterocycles. The van der Waals surface area contributed by atoms with E-state index in [2.05, 4.69) is 12.2 Å². The van der Waals surface area contributed by atoms with Crippen molar-refractivity contribution in [2.45, 2.75) is 38.3 Å². The maximum Gasteiger partial charge on any atom is 0.237 e. The maximum atomic E-state index is 11.5. The Kier molecular flexibility index (Phi) is 2.42. The fourth-order valence-corrected chi connectivity index (χ4v) is 0.949. The zero-order valence-electron chi connectivity index (χ0n) is 8.35. The SMILES string of the molecule is C[C@@H](C(=O)NC1(C)CC1)N(C)C. The van der Waals surface area contributed by atoms with Gasteiger partial charge >= 0.3 is 0 Å². The first kappa shape index (κ1) is 9.52. The number of carbonyl (C=O) groups excluding carboxylic acids is 1. The lowest BCUT2D eigenvalue weighted by molar-refractivity contribution is -0.125. The average Bonchev–Trinajstić information content (AvgIpc) is 2.66. The fourth-order valence-electron chi connectivity index (χ4n) is 0.949. The van der Waals surface area contributed by atoms with Crippen molar-refractivity contribution in [1.29, 1.82) is 0 Å². The monoisotopic (exact) mass is 170 g/mol. The molecule has 0 spiro atoms. The van der Waals surface area contributed by atoms with E-state index in [0.717, 1.165) is 12.8 Å². The summed E-state index contributed by atoms with van der Waals surface area (Å²) in [6, 6.07) is -0.0255. The summed E-state index contributed by atoms with van der Waals surface area (Å²) in [6.07, 6.45) is 2.25. The molecule has 0 unspecified atom stereocenters. The lowest BCUT2D eigenvalue weighted by Crippen LogP contribution is -2.45. The first-order chi connectivity index (χ1) is 5.44. The van der Waals surface area contributed by atoms with Crippen LogP contribution in [0, 0.1) is 0 Å². The van der Waals surface area contributed by atoms with Crippen molar-refractivity contribution in [1.82, 2.24) is 10.2 Å². The predicted octanol–water partition coefficient (Wildman–Crippen LogP) is 0.605. The molecule has 1 aliphatic rings. The van der Waals surface area contributed by atoms with E-state index in [0.29, 0.717) is 0 Å². The molecule has 1 aliphatic carbocycles. The second kappa shape index (κ2) is 3.05. The van der Waals surface area contributed by atoms with E-state index < -0.39 is 0 Å². The highest BCUT2D eigenvalue weighted by molar-refractivity contribution is 5.82. The van der Waals surface area contributed by atoms with Crippen LogP contribution in [0.4, 0.5) is 0 Å². The molecule has 0 aliphatic heterocycles. The smallest absolute Gasteiger partial charge is 0.237 e. The van der Waals surface area contributed by atoms with Gasteiger partial charge in [-0.15, -0.1) is 0 Å². The molecule has 70 valence electrons. The Hall–Kier alpha value is -0.570. The minimum absolute atomic E-state index is 0.0255. The molecule has 12 heavy (non-hydrogen) atoms. The number of amides is 1. The summed E-state index contributed by atoms with van der Waals surface area (Å²) < 4.78 is 0. The van der Waals surface area contributed by atoms with E-state index in [1.54, 1.807) is 0 Å². The van der Waals surface area contributed by atoms with E-state index in [1.807, 2.05) is 25.9 Å². The molecular weight excluding hydrogens is 152 g/mol. The molecule has 0 aromatic heterocycles. The van der Waals surface area contributed by atoms with Gasteiger partial charge in [-0.3, -0.25) is 9.69 Å². The Morgan fingerprint density at radius 2 is 2.00 bits per heavy atom. The topological polar surface area (TPSA) is 32.3 Å². The van der Waals surface area contributed by atoms with E-state index in [-0.39, 0.29) is 17.5 Å². The molecular formula is C9H18N2O. The van der Waals surface area contributed by atoms with Crippen LogP contribution in [0.2, 0.25) is 0 Å². The lowest BCUT2D eigenvalue weighted by Gasteiger charge is -2.21. The van der Waals surface area contributed by atoms with E-state index in [1.165, 1.54) is 0 Å². The second-order valence-electron chi connectivity index (χ2n) is 4.19. The van der Waals surface area contributed by atoms with Gasteiger partial charge in [-0.1, -0.05) is 0 Å². The van der Waals surface area contributed by atoms with Crippen LogP contribution >= 0.6 is 0 Å². The number of rotatable bonds is 3. The van der Waals surface area contributed by atoms with Crippen LogP contribution in [0.3, 0.4) is 0 Å². The molecule has 0 radical (unpaired) electrons. The number of nitrogens with one attached hydrogen (secondary N) is 1. The Balaban J connectivity index is 2.37. The van der Waals surface area contributed by atoms with Crippen LogP contribution < -0.4 is 5.32 Å². The van der Waals surface area contributed by atoms with Crippen molar-refractivity contribution in [3.63, 3.8) is 0 Å². The van der Waals surface area contributed by atoms with Crippen molar-refractivity contribution >= 4 is 5.91 Å². The van der Waals surface area contributed by atoms with Gasteiger partial charge in [0.2, 0.25) is 5.91 Å². The van der Waals surface area contributed by atoms with Crippen molar-refractivity contribution in [2.24, 2.45) is 0 Å². The summed E-state index contributed by atoms with van der Waals surface area (Å²) in [6.45, 7) is 4.01. The zero-order chi connectivity index (χ0) is 9.35. The normalized spacial score (nSPS) is 22.1. The second-order valence-corrected chi connectivity index (χ2v) is 4.19. The van der Waals surface area contributed by atoms with Crippen molar-refractivity contribution < 1.29 is 4.79 Å². The number of carbonyl (C=O) groups is 1. The van der Waals surface area contributed by atoms with Crippen LogP contribution in [0.25, 0.3) is 0 Å². The third kappa shape index (κ3) is 2.21. The predicted molar refractivity (Wildman–Crippen MR) is 48.9 cm³/mol. The molecule has 1 saturated carbocycles. The Morgan fingerprint density at radius 3 is 2.33 bits per heavy atom. The molecule has 3 heteroatoms. The van der Waals surface area contributed by atoms with E-state index in [4.69, 9.17) is 0 Å². The van der Waals surface area contributed by atoms with Crippen LogP contribution in [0.15, 0.2) is 0 Å². The highest BCUT2D eigenvalue weighted by Crippen LogP contribution is 2.34. The maximum absolute atomic E-state index is 11.5. The van der Waals surface area contributed by atoms with Gasteiger partial charge in [0.1, 0.15) is 0 Å². The van der Waals surface area contributed by atoms with E-state index in [9.17, 15) is 4.79 Å². The van der Waals surface area contributed by atoms with E-state index >= 15 is 0 Å². The standard InChI is InChI=1S/C9H18N2O/c1-7(11(3)4)8(12)10-9(2)5-6-9/h7H,5-6H2,1-4H3,(H,10,12)/t7-/m0/s1. The summed E-state index contributed by atoms with van der Waals surface area (Å²) >= 11 is 0. The third-order valence-corrected chi connectivity index (χ3v) is 2.58. The summed E-state index contributed by atoms with van der Waals surface area (Å²) in [5.74, 6) is 0.139. The minimum atomic E-state index is -0.0255. The van der Waals surface area contributed by atoms with Crippen LogP contribution in [-0.2, 0) is 4.79 Å². The Labute approximate surface area is 74.1 Å². The highest BCUT2D eigenvalue weighted by Gasteiger charge is 2.39. The van der Waals surface area contributed by atoms with Gasteiger partial charge in [-0.2, -0.15) is 0 Å². The molecule has 0 aromatic carbocycles. The number of hydrogen-bond donors (Lipinski definition) is 1. The first-order valence-electron chi connectivity index (χ1n) is 4.43. The quantitative estimate of drug-likeness (QED) is 0.673. The Bertz CT molecular complexity index is 185. The highest BCUT2D eigenvalue weighted by atomic mass is 16.2. The van der Waals surface area contributed by atoms with Gasteiger partial charge in [-0.05, 0) is 40.8 Å². The summed E-state index contributed by atoms with van der Waals surface area (Å²) in [5.41, 5.74) is 0.112. The van der Waals surface area contributed by atoms with Crippen molar-refractivity contribution in [3.8, 4) is 0 Å². The molecule has 0 saturated heterocycles. The minimum Gasteiger partial charge on any atom is -0.350 e. The van der Waals surface area contributed by atoms with Crippen LogP contribution in [0.5, 0.6) is 0 Å². The molecule has 1 N–H and O–H groups in total. The number of likely N-dealkylation sites (N-methyl/N-ethyl adjacent to an activating group) is 1. The molecule has 1 fully saturated rings. The molecule has 1 amide bonds. The van der Waals surface area contributed by atoms with Gasteiger partial charge in [0, 0.05) is 5.54 Å². The Morgan fingerprint density at radius 1 is 1.50 bits per heavy atom. The molecule has 1 rings (SSSR count). The van der Waals surface area contributed by atoms with Gasteiger partial charge < -0.3 is 5.32 Å². The number of hydrogen-bond acceptors (Lipinski definition) is 2. The fraction of sp³-hybridized carbons (Fsp3) is 0.889.